The maximum absolute atomic E-state index is 6.23. The van der Waals surface area contributed by atoms with E-state index in [1.807, 2.05) is 18.5 Å². The van der Waals surface area contributed by atoms with Crippen LogP contribution in [-0.4, -0.2) is 19.7 Å². The number of hydrogen-bond acceptors (Lipinski definition) is 3. The van der Waals surface area contributed by atoms with E-state index in [1.54, 1.807) is 12.4 Å². The summed E-state index contributed by atoms with van der Waals surface area (Å²) in [6.07, 6.45) is 4.08. The molecule has 0 aliphatic heterocycles. The summed E-state index contributed by atoms with van der Waals surface area (Å²) < 4.78 is 1.89. The quantitative estimate of drug-likeness (QED) is 0.873. The average Bonchev–Trinajstić information content (AvgIpc) is 2.92. The zero-order chi connectivity index (χ0) is 12.4. The molecule has 0 saturated carbocycles. The summed E-state index contributed by atoms with van der Waals surface area (Å²) in [5.74, 6) is 0.766. The third-order valence-corrected chi connectivity index (χ3v) is 3.23. The van der Waals surface area contributed by atoms with Gasteiger partial charge in [-0.25, -0.2) is 4.98 Å². The molecule has 0 fully saturated rings. The number of H-pyrrole nitrogens is 1. The van der Waals surface area contributed by atoms with E-state index in [-0.39, 0.29) is 6.04 Å². The first-order valence-corrected chi connectivity index (χ1v) is 5.98. The van der Waals surface area contributed by atoms with Crippen molar-refractivity contribution in [3.63, 3.8) is 0 Å². The number of rotatable bonds is 4. The molecular weight excluding hydrogens is 238 g/mol. The zero-order valence-corrected chi connectivity index (χ0v) is 10.7. The summed E-state index contributed by atoms with van der Waals surface area (Å²) >= 11 is 6.23. The van der Waals surface area contributed by atoms with Crippen molar-refractivity contribution >= 4 is 11.6 Å². The van der Waals surface area contributed by atoms with Crippen LogP contribution < -0.4 is 5.73 Å². The van der Waals surface area contributed by atoms with E-state index in [9.17, 15) is 0 Å². The molecule has 1 unspecified atom stereocenters. The normalized spacial score (nSPS) is 12.9. The second kappa shape index (κ2) is 4.89. The fourth-order valence-corrected chi connectivity index (χ4v) is 2.06. The molecule has 0 aromatic carbocycles. The van der Waals surface area contributed by atoms with Crippen LogP contribution in [-0.2, 0) is 13.0 Å². The van der Waals surface area contributed by atoms with Crippen LogP contribution in [0.15, 0.2) is 12.4 Å². The summed E-state index contributed by atoms with van der Waals surface area (Å²) in [6, 6.07) is -0.191. The van der Waals surface area contributed by atoms with Gasteiger partial charge in [-0.15, -0.1) is 0 Å². The molecule has 3 N–H and O–H groups in total. The number of nitrogens with one attached hydrogen (secondary N) is 1. The highest BCUT2D eigenvalue weighted by atomic mass is 35.5. The first kappa shape index (κ1) is 12.1. The minimum absolute atomic E-state index is 0.191. The predicted molar refractivity (Wildman–Crippen MR) is 66.9 cm³/mol. The Kier molecular flexibility index (Phi) is 3.49. The van der Waals surface area contributed by atoms with Crippen LogP contribution in [0, 0.1) is 6.92 Å². The van der Waals surface area contributed by atoms with Crippen LogP contribution in [0.1, 0.15) is 30.2 Å². The molecule has 2 aromatic heterocycles. The Labute approximate surface area is 105 Å². The van der Waals surface area contributed by atoms with Gasteiger partial charge in [-0.05, 0) is 13.8 Å². The fourth-order valence-electron chi connectivity index (χ4n) is 1.85. The second-order valence-electron chi connectivity index (χ2n) is 3.95. The molecule has 1 atom stereocenters. The number of aryl methyl sites for hydroxylation is 2. The molecule has 5 nitrogen and oxygen atoms in total. The largest absolute Gasteiger partial charge is 0.347 e. The van der Waals surface area contributed by atoms with E-state index >= 15 is 0 Å². The van der Waals surface area contributed by atoms with Crippen LogP contribution in [0.25, 0.3) is 0 Å². The number of aromatic amines is 1. The van der Waals surface area contributed by atoms with Gasteiger partial charge in [0.25, 0.3) is 0 Å². The molecule has 2 heterocycles. The Hall–Kier alpha value is -1.33. The summed E-state index contributed by atoms with van der Waals surface area (Å²) in [6.45, 7) is 4.72. The highest BCUT2D eigenvalue weighted by molar-refractivity contribution is 6.31. The van der Waals surface area contributed by atoms with Gasteiger partial charge < -0.3 is 10.7 Å². The number of halogens is 1. The van der Waals surface area contributed by atoms with Crippen molar-refractivity contribution in [2.45, 2.75) is 32.9 Å². The summed E-state index contributed by atoms with van der Waals surface area (Å²) in [5.41, 5.74) is 7.89. The molecule has 2 rings (SSSR count). The molecule has 0 amide bonds. The highest BCUT2D eigenvalue weighted by Crippen LogP contribution is 2.24. The molecule has 0 spiro atoms. The number of nitrogens with two attached hydrogens (primary N) is 1. The van der Waals surface area contributed by atoms with Gasteiger partial charge in [-0.3, -0.25) is 4.68 Å². The molecule has 0 saturated heterocycles. The lowest BCUT2D eigenvalue weighted by molar-refractivity contribution is 0.577. The topological polar surface area (TPSA) is 72.5 Å². The van der Waals surface area contributed by atoms with Gasteiger partial charge in [0.15, 0.2) is 0 Å². The van der Waals surface area contributed by atoms with E-state index in [0.717, 1.165) is 23.8 Å². The molecular formula is C11H16ClN5. The second-order valence-corrected chi connectivity index (χ2v) is 4.32. The third-order valence-electron chi connectivity index (χ3n) is 2.74. The maximum atomic E-state index is 6.23. The van der Waals surface area contributed by atoms with E-state index in [0.29, 0.717) is 11.4 Å². The van der Waals surface area contributed by atoms with Crippen molar-refractivity contribution in [2.24, 2.45) is 5.73 Å². The summed E-state index contributed by atoms with van der Waals surface area (Å²) in [4.78, 5) is 7.16. The van der Waals surface area contributed by atoms with E-state index in [2.05, 4.69) is 15.1 Å². The Morgan fingerprint density at radius 2 is 2.35 bits per heavy atom. The SMILES string of the molecule is CCn1nc(C)c(Cl)c1CC(N)c1ncc[nH]1. The van der Waals surface area contributed by atoms with Crippen LogP contribution in [0.2, 0.25) is 5.02 Å². The standard InChI is InChI=1S/C11H16ClN5/c1-3-17-9(10(12)7(2)16-17)6-8(13)11-14-4-5-15-11/h4-5,8H,3,6,13H2,1-2H3,(H,14,15). The molecule has 2 aromatic rings. The van der Waals surface area contributed by atoms with Gasteiger partial charge in [-0.1, -0.05) is 11.6 Å². The van der Waals surface area contributed by atoms with Crippen LogP contribution in [0.3, 0.4) is 0 Å². The lowest BCUT2D eigenvalue weighted by Crippen LogP contribution is -2.17. The van der Waals surface area contributed by atoms with Crippen molar-refractivity contribution in [2.75, 3.05) is 0 Å². The molecule has 0 bridgehead atoms. The van der Waals surface area contributed by atoms with Crippen LogP contribution >= 0.6 is 11.6 Å². The monoisotopic (exact) mass is 253 g/mol. The van der Waals surface area contributed by atoms with Gasteiger partial charge in [0.1, 0.15) is 5.82 Å². The van der Waals surface area contributed by atoms with E-state index < -0.39 is 0 Å². The fraction of sp³-hybridized carbons (Fsp3) is 0.455. The van der Waals surface area contributed by atoms with Crippen molar-refractivity contribution in [3.8, 4) is 0 Å². The highest BCUT2D eigenvalue weighted by Gasteiger charge is 2.17. The lowest BCUT2D eigenvalue weighted by Gasteiger charge is -2.10. The number of hydrogen-bond donors (Lipinski definition) is 2. The first-order valence-electron chi connectivity index (χ1n) is 5.60. The zero-order valence-electron chi connectivity index (χ0n) is 9.94. The van der Waals surface area contributed by atoms with Gasteiger partial charge in [0.05, 0.1) is 22.5 Å². The summed E-state index contributed by atoms with van der Waals surface area (Å²) in [5, 5.41) is 5.06. The number of aromatic nitrogens is 4. The van der Waals surface area contributed by atoms with E-state index in [4.69, 9.17) is 17.3 Å². The lowest BCUT2D eigenvalue weighted by atomic mass is 10.1. The van der Waals surface area contributed by atoms with Crippen molar-refractivity contribution < 1.29 is 0 Å². The Bertz CT molecular complexity index is 488. The Morgan fingerprint density at radius 3 is 2.94 bits per heavy atom. The maximum Gasteiger partial charge on any atom is 0.123 e. The Morgan fingerprint density at radius 1 is 1.59 bits per heavy atom. The molecule has 92 valence electrons. The third kappa shape index (κ3) is 2.35. The van der Waals surface area contributed by atoms with E-state index in [1.165, 1.54) is 0 Å². The first-order chi connectivity index (χ1) is 8.13. The van der Waals surface area contributed by atoms with Crippen molar-refractivity contribution in [3.05, 3.63) is 34.6 Å². The molecule has 0 aliphatic carbocycles. The molecule has 6 heteroatoms. The minimum atomic E-state index is -0.191. The van der Waals surface area contributed by atoms with Crippen molar-refractivity contribution in [1.82, 2.24) is 19.7 Å². The van der Waals surface area contributed by atoms with Crippen LogP contribution in [0.4, 0.5) is 0 Å². The minimum Gasteiger partial charge on any atom is -0.347 e. The number of imidazole rings is 1. The number of nitrogens with zero attached hydrogens (tertiary/aromatic N) is 3. The average molecular weight is 254 g/mol. The van der Waals surface area contributed by atoms with Gasteiger partial charge >= 0.3 is 0 Å². The van der Waals surface area contributed by atoms with Gasteiger partial charge in [-0.2, -0.15) is 5.10 Å². The van der Waals surface area contributed by atoms with Gasteiger partial charge in [0.2, 0.25) is 0 Å². The van der Waals surface area contributed by atoms with Gasteiger partial charge in [0, 0.05) is 25.4 Å². The molecule has 17 heavy (non-hydrogen) atoms. The molecule has 0 radical (unpaired) electrons. The van der Waals surface area contributed by atoms with Crippen LogP contribution in [0.5, 0.6) is 0 Å². The predicted octanol–water partition coefficient (Wildman–Crippen LogP) is 1.83. The molecule has 0 aliphatic rings. The smallest absolute Gasteiger partial charge is 0.123 e. The summed E-state index contributed by atoms with van der Waals surface area (Å²) in [7, 11) is 0. The Balaban J connectivity index is 2.24. The van der Waals surface area contributed by atoms with Crippen molar-refractivity contribution in [1.29, 1.82) is 0 Å².